The molecule has 0 aliphatic carbocycles. The van der Waals surface area contributed by atoms with Gasteiger partial charge in [0.2, 0.25) is 5.91 Å². The van der Waals surface area contributed by atoms with E-state index in [4.69, 9.17) is 0 Å². The minimum Gasteiger partial charge on any atom is -0.406 e. The van der Waals surface area contributed by atoms with E-state index < -0.39 is 12.4 Å². The lowest BCUT2D eigenvalue weighted by atomic mass is 9.95. The van der Waals surface area contributed by atoms with E-state index in [0.29, 0.717) is 23.2 Å². The maximum atomic E-state index is 12.8. The fourth-order valence-electron chi connectivity index (χ4n) is 5.06. The lowest BCUT2D eigenvalue weighted by Gasteiger charge is -2.23. The lowest BCUT2D eigenvalue weighted by Crippen LogP contribution is -2.33. The van der Waals surface area contributed by atoms with Crippen LogP contribution in [0.3, 0.4) is 0 Å². The van der Waals surface area contributed by atoms with E-state index in [1.54, 1.807) is 4.90 Å². The molecule has 3 aromatic carbocycles. The molecule has 4 aromatic rings. The SMILES string of the molecule is Cc1cccc(N2C(=O)CS/C2=N\C(=O)NCC(C)c2ccc(-c3ncn(-c4ccc(OC(F)(F)F)cc4)n3)cc2)c1C(C)C. The van der Waals surface area contributed by atoms with Crippen LogP contribution in [0.2, 0.25) is 0 Å². The molecule has 1 N–H and O–H groups in total. The van der Waals surface area contributed by atoms with Gasteiger partial charge in [-0.3, -0.25) is 9.69 Å². The number of urea groups is 1. The van der Waals surface area contributed by atoms with Crippen molar-refractivity contribution in [2.24, 2.45) is 4.99 Å². The van der Waals surface area contributed by atoms with Crippen molar-refractivity contribution in [3.05, 3.63) is 89.7 Å². The number of halogens is 3. The minimum atomic E-state index is -4.76. The molecule has 1 saturated heterocycles. The Kier molecular flexibility index (Phi) is 9.28. The van der Waals surface area contributed by atoms with Crippen LogP contribution in [0.25, 0.3) is 17.1 Å². The van der Waals surface area contributed by atoms with Gasteiger partial charge in [0, 0.05) is 12.1 Å². The largest absolute Gasteiger partial charge is 0.573 e. The number of hydrogen-bond donors (Lipinski definition) is 1. The van der Waals surface area contributed by atoms with E-state index in [1.165, 1.54) is 47.0 Å². The zero-order chi connectivity index (χ0) is 32.3. The molecule has 1 unspecified atom stereocenters. The number of aryl methyl sites for hydroxylation is 1. The van der Waals surface area contributed by atoms with Gasteiger partial charge < -0.3 is 10.1 Å². The molecule has 1 aliphatic rings. The maximum absolute atomic E-state index is 12.8. The molecule has 45 heavy (non-hydrogen) atoms. The van der Waals surface area contributed by atoms with E-state index in [1.807, 2.05) is 56.3 Å². The Morgan fingerprint density at radius 2 is 1.78 bits per heavy atom. The van der Waals surface area contributed by atoms with Gasteiger partial charge in [-0.2, -0.15) is 4.99 Å². The minimum absolute atomic E-state index is 0.0376. The quantitative estimate of drug-likeness (QED) is 0.219. The van der Waals surface area contributed by atoms with Crippen LogP contribution < -0.4 is 15.0 Å². The number of thioether (sulfide) groups is 1. The van der Waals surface area contributed by atoms with Gasteiger partial charge in [-0.15, -0.1) is 18.3 Å². The maximum Gasteiger partial charge on any atom is 0.573 e. The van der Waals surface area contributed by atoms with Crippen LogP contribution in [-0.4, -0.2) is 50.5 Å². The van der Waals surface area contributed by atoms with Crippen LogP contribution in [0.15, 0.2) is 78.0 Å². The van der Waals surface area contributed by atoms with E-state index in [9.17, 15) is 22.8 Å². The number of rotatable bonds is 8. The van der Waals surface area contributed by atoms with Gasteiger partial charge in [0.25, 0.3) is 0 Å². The molecule has 2 heterocycles. The van der Waals surface area contributed by atoms with Crippen molar-refractivity contribution < 1.29 is 27.5 Å². The third kappa shape index (κ3) is 7.54. The van der Waals surface area contributed by atoms with Crippen molar-refractivity contribution in [3.8, 4) is 22.8 Å². The normalized spacial score (nSPS) is 15.2. The molecule has 0 bridgehead atoms. The molecule has 0 saturated carbocycles. The Morgan fingerprint density at radius 3 is 2.44 bits per heavy atom. The third-order valence-corrected chi connectivity index (χ3v) is 8.13. The number of hydrogen-bond acceptors (Lipinski definition) is 6. The molecule has 1 aromatic heterocycles. The standard InChI is InChI=1S/C32H31F3N6O3S/c1-19(2)28-20(3)6-5-7-26(28)41-27(42)17-45-31(41)38-30(43)36-16-21(4)22-8-10-23(11-9-22)29-37-18-40(39-29)24-12-14-25(15-13-24)44-32(33,34)35/h5-15,18-19,21H,16-17H2,1-4H3,(H,36,43)/b38-31-. The average molecular weight is 637 g/mol. The number of ether oxygens (including phenoxy) is 1. The number of aliphatic imine (C=N–C) groups is 1. The number of amides is 3. The van der Waals surface area contributed by atoms with Gasteiger partial charge in [0.05, 0.1) is 17.1 Å². The number of carbonyl (C=O) groups is 2. The summed E-state index contributed by atoms with van der Waals surface area (Å²) in [7, 11) is 0. The predicted octanol–water partition coefficient (Wildman–Crippen LogP) is 7.21. The first-order valence-corrected chi connectivity index (χ1v) is 15.2. The molecule has 3 amide bonds. The van der Waals surface area contributed by atoms with Crippen LogP contribution in [0, 0.1) is 6.92 Å². The number of alkyl halides is 3. The highest BCUT2D eigenvalue weighted by Gasteiger charge is 2.33. The van der Waals surface area contributed by atoms with Crippen molar-refractivity contribution in [1.82, 2.24) is 20.1 Å². The summed E-state index contributed by atoms with van der Waals surface area (Å²) < 4.78 is 42.6. The summed E-state index contributed by atoms with van der Waals surface area (Å²) in [6.45, 7) is 8.46. The summed E-state index contributed by atoms with van der Waals surface area (Å²) in [6.07, 6.45) is -3.29. The number of amidine groups is 1. The lowest BCUT2D eigenvalue weighted by molar-refractivity contribution is -0.274. The van der Waals surface area contributed by atoms with Crippen molar-refractivity contribution in [3.63, 3.8) is 0 Å². The fraction of sp³-hybridized carbons (Fsp3) is 0.281. The van der Waals surface area contributed by atoms with Gasteiger partial charge in [0.1, 0.15) is 12.1 Å². The predicted molar refractivity (Wildman–Crippen MR) is 168 cm³/mol. The number of benzene rings is 3. The van der Waals surface area contributed by atoms with E-state index >= 15 is 0 Å². The summed E-state index contributed by atoms with van der Waals surface area (Å²) >= 11 is 1.25. The molecule has 0 spiro atoms. The highest BCUT2D eigenvalue weighted by atomic mass is 32.2. The first-order chi connectivity index (χ1) is 21.4. The third-order valence-electron chi connectivity index (χ3n) is 7.21. The number of aromatic nitrogens is 3. The van der Waals surface area contributed by atoms with E-state index in [2.05, 4.69) is 39.0 Å². The van der Waals surface area contributed by atoms with E-state index in [0.717, 1.165) is 27.9 Å². The van der Waals surface area contributed by atoms with Crippen molar-refractivity contribution in [1.29, 1.82) is 0 Å². The van der Waals surface area contributed by atoms with Crippen molar-refractivity contribution in [2.75, 3.05) is 17.2 Å². The first kappa shape index (κ1) is 31.8. The second kappa shape index (κ2) is 13.1. The zero-order valence-electron chi connectivity index (χ0n) is 25.0. The molecular formula is C32H31F3N6O3S. The Hall–Kier alpha value is -4.65. The number of nitrogens with one attached hydrogen (secondary N) is 1. The smallest absolute Gasteiger partial charge is 0.406 e. The summed E-state index contributed by atoms with van der Waals surface area (Å²) in [5.74, 6) is 0.380. The summed E-state index contributed by atoms with van der Waals surface area (Å²) in [5.41, 5.74) is 5.13. The molecule has 234 valence electrons. The van der Waals surface area contributed by atoms with Gasteiger partial charge in [-0.25, -0.2) is 14.5 Å². The van der Waals surface area contributed by atoms with Crippen molar-refractivity contribution in [2.45, 2.75) is 45.9 Å². The number of carbonyl (C=O) groups excluding carboxylic acids is 2. The molecule has 13 heteroatoms. The molecule has 1 atom stereocenters. The zero-order valence-corrected chi connectivity index (χ0v) is 25.8. The summed E-state index contributed by atoms with van der Waals surface area (Å²) in [6, 6.07) is 18.2. The van der Waals surface area contributed by atoms with Crippen LogP contribution in [0.5, 0.6) is 5.75 Å². The Labute approximate surface area is 262 Å². The molecule has 1 aliphatic heterocycles. The van der Waals surface area contributed by atoms with E-state index in [-0.39, 0.29) is 29.2 Å². The second-order valence-electron chi connectivity index (χ2n) is 10.8. The van der Waals surface area contributed by atoms with Gasteiger partial charge in [-0.1, -0.05) is 68.9 Å². The topological polar surface area (TPSA) is 102 Å². The molecule has 9 nitrogen and oxygen atoms in total. The van der Waals surface area contributed by atoms with Crippen LogP contribution in [0.4, 0.5) is 23.7 Å². The second-order valence-corrected chi connectivity index (χ2v) is 11.8. The monoisotopic (exact) mass is 636 g/mol. The molecule has 5 rings (SSSR count). The summed E-state index contributed by atoms with van der Waals surface area (Å²) in [5, 5.41) is 7.64. The molecule has 0 radical (unpaired) electrons. The molecule has 1 fully saturated rings. The molecular weight excluding hydrogens is 605 g/mol. The summed E-state index contributed by atoms with van der Waals surface area (Å²) in [4.78, 5) is 35.7. The first-order valence-electron chi connectivity index (χ1n) is 14.2. The number of nitrogens with zero attached hydrogens (tertiary/aromatic N) is 5. The Balaban J connectivity index is 1.20. The Bertz CT molecular complexity index is 1720. The highest BCUT2D eigenvalue weighted by Crippen LogP contribution is 2.35. The number of anilines is 1. The van der Waals surface area contributed by atoms with Gasteiger partial charge in [0.15, 0.2) is 11.0 Å². The van der Waals surface area contributed by atoms with Gasteiger partial charge in [-0.05, 0) is 65.8 Å². The van der Waals surface area contributed by atoms with Crippen molar-refractivity contribution >= 4 is 34.6 Å². The fourth-order valence-corrected chi connectivity index (χ4v) is 5.92. The Morgan fingerprint density at radius 1 is 1.07 bits per heavy atom. The van der Waals surface area contributed by atoms with Gasteiger partial charge >= 0.3 is 12.4 Å². The average Bonchev–Trinajstić information content (AvgIpc) is 3.62. The highest BCUT2D eigenvalue weighted by molar-refractivity contribution is 8.15. The van der Waals surface area contributed by atoms with Crippen LogP contribution in [-0.2, 0) is 4.79 Å². The van der Waals surface area contributed by atoms with Crippen LogP contribution >= 0.6 is 11.8 Å². The van der Waals surface area contributed by atoms with Crippen LogP contribution in [0.1, 0.15) is 49.3 Å².